The monoisotopic (exact) mass is 476 g/mol. The van der Waals surface area contributed by atoms with E-state index >= 15 is 0 Å². The third-order valence-corrected chi connectivity index (χ3v) is 8.37. The highest BCUT2D eigenvalue weighted by atomic mass is 32.2. The number of nitrogens with zero attached hydrogens (tertiary/aromatic N) is 2. The third-order valence-electron chi connectivity index (χ3n) is 6.45. The highest BCUT2D eigenvalue weighted by Gasteiger charge is 2.40. The Morgan fingerprint density at radius 1 is 0.882 bits per heavy atom. The molecule has 0 spiro atoms. The number of benzene rings is 3. The predicted octanol–water partition coefficient (Wildman–Crippen LogP) is 3.57. The van der Waals surface area contributed by atoms with E-state index in [4.69, 9.17) is 4.74 Å². The van der Waals surface area contributed by atoms with Crippen LogP contribution >= 0.6 is 0 Å². The number of para-hydroxylation sites is 2. The summed E-state index contributed by atoms with van der Waals surface area (Å²) in [7, 11) is -2.62. The molecule has 2 atom stereocenters. The van der Waals surface area contributed by atoms with Gasteiger partial charge < -0.3 is 4.74 Å². The van der Waals surface area contributed by atoms with Gasteiger partial charge in [-0.2, -0.15) is 0 Å². The van der Waals surface area contributed by atoms with Gasteiger partial charge in [-0.15, -0.1) is 0 Å². The summed E-state index contributed by atoms with van der Waals surface area (Å²) in [5.41, 5.74) is 3.30. The molecular weight excluding hydrogens is 452 g/mol. The van der Waals surface area contributed by atoms with Gasteiger partial charge >= 0.3 is 5.97 Å². The summed E-state index contributed by atoms with van der Waals surface area (Å²) in [6.45, 7) is 1.87. The molecule has 5 rings (SSSR count). The van der Waals surface area contributed by atoms with Gasteiger partial charge in [0.2, 0.25) is 0 Å². The highest BCUT2D eigenvalue weighted by molar-refractivity contribution is 7.92. The van der Waals surface area contributed by atoms with E-state index in [1.807, 2.05) is 37.3 Å². The number of carbonyl (C=O) groups is 2. The van der Waals surface area contributed by atoms with Crippen LogP contribution in [0.15, 0.2) is 77.7 Å². The molecule has 0 fully saturated rings. The fourth-order valence-corrected chi connectivity index (χ4v) is 6.65. The first kappa shape index (κ1) is 22.2. The van der Waals surface area contributed by atoms with E-state index in [1.54, 1.807) is 30.3 Å². The average molecular weight is 477 g/mol. The molecular formula is C26H24N2O5S. The van der Waals surface area contributed by atoms with Crippen LogP contribution in [0.25, 0.3) is 0 Å². The molecule has 7 nitrogen and oxygen atoms in total. The second kappa shape index (κ2) is 8.29. The highest BCUT2D eigenvalue weighted by Crippen LogP contribution is 2.37. The van der Waals surface area contributed by atoms with Crippen LogP contribution in [0.2, 0.25) is 0 Å². The molecule has 2 heterocycles. The van der Waals surface area contributed by atoms with Crippen molar-refractivity contribution in [2.75, 3.05) is 16.3 Å². The van der Waals surface area contributed by atoms with Gasteiger partial charge in [0.15, 0.2) is 0 Å². The topological polar surface area (TPSA) is 84.0 Å². The molecule has 3 aromatic carbocycles. The van der Waals surface area contributed by atoms with Gasteiger partial charge in [-0.05, 0) is 54.8 Å². The number of rotatable bonds is 4. The molecule has 0 aromatic heterocycles. The third kappa shape index (κ3) is 3.45. The van der Waals surface area contributed by atoms with Crippen molar-refractivity contribution in [2.45, 2.75) is 36.7 Å². The molecule has 0 radical (unpaired) electrons. The maximum absolute atomic E-state index is 13.6. The molecule has 0 saturated carbocycles. The maximum Gasteiger partial charge on any atom is 0.329 e. The van der Waals surface area contributed by atoms with E-state index in [0.717, 1.165) is 11.1 Å². The lowest BCUT2D eigenvalue weighted by molar-refractivity contribution is -0.141. The predicted molar refractivity (Wildman–Crippen MR) is 128 cm³/mol. The first-order chi connectivity index (χ1) is 16.3. The van der Waals surface area contributed by atoms with E-state index in [2.05, 4.69) is 0 Å². The Bertz CT molecular complexity index is 1400. The summed E-state index contributed by atoms with van der Waals surface area (Å²) in [6.07, 6.45) is 0.966. The molecule has 0 bridgehead atoms. The Morgan fingerprint density at radius 2 is 1.53 bits per heavy atom. The first-order valence-corrected chi connectivity index (χ1v) is 12.5. The molecule has 0 saturated heterocycles. The summed E-state index contributed by atoms with van der Waals surface area (Å²) < 4.78 is 33.7. The summed E-state index contributed by atoms with van der Waals surface area (Å²) in [5.74, 6) is -0.969. The zero-order chi connectivity index (χ0) is 24.0. The molecule has 3 aromatic rings. The van der Waals surface area contributed by atoms with Crippen molar-refractivity contribution in [3.8, 4) is 0 Å². The number of fused-ring (bicyclic) bond motifs is 2. The van der Waals surface area contributed by atoms with E-state index in [-0.39, 0.29) is 16.5 Å². The molecule has 34 heavy (non-hydrogen) atoms. The minimum atomic E-state index is -3.90. The lowest BCUT2D eigenvalue weighted by Gasteiger charge is -2.26. The molecule has 0 N–H and O–H groups in total. The average Bonchev–Trinajstić information content (AvgIpc) is 3.40. The molecule has 2 unspecified atom stereocenters. The second-order valence-electron chi connectivity index (χ2n) is 8.56. The Hall–Kier alpha value is -3.65. The van der Waals surface area contributed by atoms with Crippen LogP contribution in [0.3, 0.4) is 0 Å². The van der Waals surface area contributed by atoms with Crippen LogP contribution in [0.1, 0.15) is 28.4 Å². The fourth-order valence-electron chi connectivity index (χ4n) is 4.91. The Morgan fingerprint density at radius 3 is 2.24 bits per heavy atom. The van der Waals surface area contributed by atoms with Crippen LogP contribution in [0, 0.1) is 0 Å². The molecule has 174 valence electrons. The number of sulfonamides is 1. The van der Waals surface area contributed by atoms with E-state index in [0.29, 0.717) is 24.2 Å². The fraction of sp³-hybridized carbons (Fsp3) is 0.231. The van der Waals surface area contributed by atoms with Gasteiger partial charge in [0, 0.05) is 23.7 Å². The van der Waals surface area contributed by atoms with Crippen LogP contribution in [-0.2, 0) is 32.4 Å². The quantitative estimate of drug-likeness (QED) is 0.538. The summed E-state index contributed by atoms with van der Waals surface area (Å²) in [5, 5.41) is 0. The number of methoxy groups -OCH3 is 1. The van der Waals surface area contributed by atoms with E-state index in [1.165, 1.54) is 28.4 Å². The van der Waals surface area contributed by atoms with Gasteiger partial charge in [0.05, 0.1) is 17.7 Å². The van der Waals surface area contributed by atoms with Crippen molar-refractivity contribution in [3.63, 3.8) is 0 Å². The van der Waals surface area contributed by atoms with Crippen LogP contribution in [0.4, 0.5) is 11.4 Å². The molecule has 2 aliphatic heterocycles. The SMILES string of the molecule is COC(=O)C1Cc2ccccc2N1C(=O)c1cccc(S(=O)(=O)N2c3ccccc3CC2C)c1. The van der Waals surface area contributed by atoms with E-state index < -0.39 is 27.9 Å². The van der Waals surface area contributed by atoms with Crippen molar-refractivity contribution in [3.05, 3.63) is 89.5 Å². The Labute approximate surface area is 198 Å². The largest absolute Gasteiger partial charge is 0.467 e. The summed E-state index contributed by atoms with van der Waals surface area (Å²) in [4.78, 5) is 27.5. The van der Waals surface area contributed by atoms with Gasteiger partial charge in [0.1, 0.15) is 6.04 Å². The standard InChI is InChI=1S/C26H24N2O5S/c1-17-14-18-8-4-6-13-23(18)28(17)34(31,32)21-11-7-10-20(15-21)25(29)27-22-12-5-3-9-19(22)16-24(27)26(30)33-2/h3-13,15,17,24H,14,16H2,1-2H3. The number of carbonyl (C=O) groups excluding carboxylic acids is 2. The summed E-state index contributed by atoms with van der Waals surface area (Å²) >= 11 is 0. The van der Waals surface area contributed by atoms with Crippen molar-refractivity contribution in [1.82, 2.24) is 0 Å². The van der Waals surface area contributed by atoms with Crippen LogP contribution in [0.5, 0.6) is 0 Å². The van der Waals surface area contributed by atoms with Gasteiger partial charge in [-0.1, -0.05) is 42.5 Å². The minimum Gasteiger partial charge on any atom is -0.467 e. The molecule has 8 heteroatoms. The normalized spacial score (nSPS) is 19.0. The summed E-state index contributed by atoms with van der Waals surface area (Å²) in [6, 6.07) is 19.7. The first-order valence-electron chi connectivity index (χ1n) is 11.0. The lowest BCUT2D eigenvalue weighted by atomic mass is 10.1. The number of hydrogen-bond donors (Lipinski definition) is 0. The van der Waals surface area contributed by atoms with Crippen LogP contribution < -0.4 is 9.21 Å². The lowest BCUT2D eigenvalue weighted by Crippen LogP contribution is -2.43. The van der Waals surface area contributed by atoms with Gasteiger partial charge in [0.25, 0.3) is 15.9 Å². The maximum atomic E-state index is 13.6. The van der Waals surface area contributed by atoms with Crippen molar-refractivity contribution >= 4 is 33.3 Å². The molecule has 2 aliphatic rings. The zero-order valence-electron chi connectivity index (χ0n) is 18.8. The van der Waals surface area contributed by atoms with Crippen LogP contribution in [-0.4, -0.2) is 39.5 Å². The van der Waals surface area contributed by atoms with Crippen molar-refractivity contribution < 1.29 is 22.7 Å². The Kier molecular flexibility index (Phi) is 5.40. The zero-order valence-corrected chi connectivity index (χ0v) is 19.7. The number of ether oxygens (including phenoxy) is 1. The number of anilines is 2. The molecule has 1 amide bonds. The number of hydrogen-bond acceptors (Lipinski definition) is 5. The van der Waals surface area contributed by atoms with Gasteiger partial charge in [-0.3, -0.25) is 14.0 Å². The molecule has 0 aliphatic carbocycles. The van der Waals surface area contributed by atoms with Crippen molar-refractivity contribution in [1.29, 1.82) is 0 Å². The van der Waals surface area contributed by atoms with Gasteiger partial charge in [-0.25, -0.2) is 13.2 Å². The smallest absolute Gasteiger partial charge is 0.329 e. The van der Waals surface area contributed by atoms with E-state index in [9.17, 15) is 18.0 Å². The number of amides is 1. The Balaban J connectivity index is 1.53. The minimum absolute atomic E-state index is 0.0315. The van der Waals surface area contributed by atoms with Crippen molar-refractivity contribution in [2.24, 2.45) is 0 Å². The number of esters is 1. The second-order valence-corrected chi connectivity index (χ2v) is 10.4.